The van der Waals surface area contributed by atoms with Gasteiger partial charge in [0, 0.05) is 35.1 Å². The smallest absolute Gasteiger partial charge is 0.170 e. The summed E-state index contributed by atoms with van der Waals surface area (Å²) in [7, 11) is 1.31. The molecule has 0 unspecified atom stereocenters. The number of methoxy groups -OCH3 is 1. The minimum absolute atomic E-state index is 0.0319. The van der Waals surface area contributed by atoms with Gasteiger partial charge in [-0.15, -0.1) is 0 Å². The summed E-state index contributed by atoms with van der Waals surface area (Å²) in [4.78, 5) is 25.0. The topological polar surface area (TPSA) is 145 Å². The van der Waals surface area contributed by atoms with Crippen LogP contribution in [0.2, 0.25) is 0 Å². The molecule has 0 atom stereocenters. The Bertz CT molecular complexity index is 1190. The lowest BCUT2D eigenvalue weighted by Crippen LogP contribution is -2.08. The van der Waals surface area contributed by atoms with Crippen LogP contribution >= 0.6 is 0 Å². The summed E-state index contributed by atoms with van der Waals surface area (Å²) in [5.74, 6) is -3.57. The predicted octanol–water partition coefficient (Wildman–Crippen LogP) is 5.21. The maximum Gasteiger partial charge on any atom is 0.170 e. The van der Waals surface area contributed by atoms with Crippen LogP contribution < -0.4 is 4.74 Å². The highest BCUT2D eigenvalue weighted by Crippen LogP contribution is 2.48. The second-order valence-corrected chi connectivity index (χ2v) is 8.83. The molecule has 5 N–H and O–H groups in total. The molecule has 0 amide bonds. The quantitative estimate of drug-likeness (QED) is 0.227. The Morgan fingerprint density at radius 3 is 1.91 bits per heavy atom. The zero-order valence-corrected chi connectivity index (χ0v) is 21.1. The van der Waals surface area contributed by atoms with E-state index in [0.717, 1.165) is 12.0 Å². The van der Waals surface area contributed by atoms with Gasteiger partial charge in [-0.3, -0.25) is 9.59 Å². The molecule has 190 valence electrons. The monoisotopic (exact) mass is 486 g/mol. The number of ketones is 2. The molecule has 0 aromatic heterocycles. The van der Waals surface area contributed by atoms with Crippen molar-refractivity contribution in [1.29, 1.82) is 0 Å². The largest absolute Gasteiger partial charge is 0.507 e. The SMILES string of the molecule is CCCCC(=O)c1c(O)c(CC=C(C)C)c(O)c(Cc2c(O)c(C(C)=O)c(O)c(C)c2OC)c1O. The number of ether oxygens (including phenoxy) is 1. The van der Waals surface area contributed by atoms with E-state index in [9.17, 15) is 35.1 Å². The van der Waals surface area contributed by atoms with Gasteiger partial charge in [0.25, 0.3) is 0 Å². The number of rotatable bonds is 10. The van der Waals surface area contributed by atoms with Crippen molar-refractivity contribution in [2.75, 3.05) is 7.11 Å². The van der Waals surface area contributed by atoms with E-state index in [0.29, 0.717) is 6.42 Å². The van der Waals surface area contributed by atoms with E-state index in [1.807, 2.05) is 20.8 Å². The van der Waals surface area contributed by atoms with Crippen molar-refractivity contribution in [2.24, 2.45) is 0 Å². The van der Waals surface area contributed by atoms with E-state index in [4.69, 9.17) is 4.74 Å². The lowest BCUT2D eigenvalue weighted by molar-refractivity contribution is 0.0971. The number of phenols is 5. The molecular formula is C27H34O8. The highest BCUT2D eigenvalue weighted by atomic mass is 16.5. The van der Waals surface area contributed by atoms with E-state index in [1.54, 1.807) is 6.08 Å². The van der Waals surface area contributed by atoms with Gasteiger partial charge in [-0.2, -0.15) is 0 Å². The number of benzene rings is 2. The Morgan fingerprint density at radius 2 is 1.40 bits per heavy atom. The molecule has 8 nitrogen and oxygen atoms in total. The first-order chi connectivity index (χ1) is 16.4. The Labute approximate surface area is 205 Å². The van der Waals surface area contributed by atoms with Crippen molar-refractivity contribution < 1.29 is 39.9 Å². The fourth-order valence-corrected chi connectivity index (χ4v) is 4.06. The fourth-order valence-electron chi connectivity index (χ4n) is 4.06. The maximum atomic E-state index is 12.9. The minimum Gasteiger partial charge on any atom is -0.507 e. The van der Waals surface area contributed by atoms with Gasteiger partial charge in [-0.1, -0.05) is 25.0 Å². The molecule has 0 spiro atoms. The standard InChI is InChI=1S/C27H34O8/c1-7-8-9-19(29)21-24(32)16(11-10-13(2)3)23(31)17(25(21)33)12-18-26(34)20(15(5)28)22(30)14(4)27(18)35-6/h10,30-34H,7-9,11-12H2,1-6H3. The van der Waals surface area contributed by atoms with Crippen molar-refractivity contribution in [3.63, 3.8) is 0 Å². The molecule has 0 aliphatic carbocycles. The van der Waals surface area contributed by atoms with E-state index in [-0.39, 0.29) is 58.4 Å². The molecule has 2 rings (SSSR count). The van der Waals surface area contributed by atoms with Gasteiger partial charge in [0.15, 0.2) is 11.6 Å². The Morgan fingerprint density at radius 1 is 0.829 bits per heavy atom. The summed E-state index contributed by atoms with van der Waals surface area (Å²) >= 11 is 0. The van der Waals surface area contributed by atoms with Gasteiger partial charge in [-0.25, -0.2) is 0 Å². The minimum atomic E-state index is -0.612. The first-order valence-electron chi connectivity index (χ1n) is 11.5. The molecule has 0 radical (unpaired) electrons. The third-order valence-electron chi connectivity index (χ3n) is 6.01. The van der Waals surface area contributed by atoms with Gasteiger partial charge >= 0.3 is 0 Å². The lowest BCUT2D eigenvalue weighted by atomic mass is 9.89. The van der Waals surface area contributed by atoms with Gasteiger partial charge < -0.3 is 30.3 Å². The number of phenolic OH excluding ortho intramolecular Hbond substituents is 5. The van der Waals surface area contributed by atoms with E-state index >= 15 is 0 Å². The Balaban J connectivity index is 2.89. The zero-order valence-electron chi connectivity index (χ0n) is 21.1. The number of unbranched alkanes of at least 4 members (excludes halogenated alkanes) is 1. The molecule has 0 fully saturated rings. The van der Waals surface area contributed by atoms with Crippen LogP contribution in [0.3, 0.4) is 0 Å². The summed E-state index contributed by atoms with van der Waals surface area (Å²) in [6.45, 7) is 8.27. The number of allylic oxidation sites excluding steroid dienone is 2. The van der Waals surface area contributed by atoms with Gasteiger partial charge in [-0.05, 0) is 40.5 Å². The highest BCUT2D eigenvalue weighted by molar-refractivity contribution is 6.03. The van der Waals surface area contributed by atoms with Gasteiger partial charge in [0.1, 0.15) is 45.6 Å². The van der Waals surface area contributed by atoms with Crippen molar-refractivity contribution in [2.45, 2.75) is 66.7 Å². The fraction of sp³-hybridized carbons (Fsp3) is 0.407. The first kappa shape index (κ1) is 27.6. The second-order valence-electron chi connectivity index (χ2n) is 8.83. The normalized spacial score (nSPS) is 10.8. The van der Waals surface area contributed by atoms with Crippen LogP contribution in [0.5, 0.6) is 34.5 Å². The van der Waals surface area contributed by atoms with Crippen molar-refractivity contribution in [3.05, 3.63) is 45.0 Å². The molecule has 2 aromatic rings. The maximum absolute atomic E-state index is 12.9. The van der Waals surface area contributed by atoms with Crippen LogP contribution in [-0.4, -0.2) is 44.2 Å². The highest BCUT2D eigenvalue weighted by Gasteiger charge is 2.30. The molecule has 0 saturated heterocycles. The van der Waals surface area contributed by atoms with E-state index in [1.165, 1.54) is 21.0 Å². The second kappa shape index (κ2) is 11.2. The number of carbonyl (C=O) groups is 2. The number of carbonyl (C=O) groups excluding carboxylic acids is 2. The summed E-state index contributed by atoms with van der Waals surface area (Å²) in [6, 6.07) is 0. The van der Waals surface area contributed by atoms with Crippen LogP contribution in [0.4, 0.5) is 0 Å². The van der Waals surface area contributed by atoms with Crippen molar-refractivity contribution in [1.82, 2.24) is 0 Å². The van der Waals surface area contributed by atoms with Gasteiger partial charge in [0.2, 0.25) is 0 Å². The average Bonchev–Trinajstić information content (AvgIpc) is 2.78. The van der Waals surface area contributed by atoms with Gasteiger partial charge in [0.05, 0.1) is 7.11 Å². The zero-order chi connectivity index (χ0) is 26.6. The predicted molar refractivity (Wildman–Crippen MR) is 132 cm³/mol. The molecule has 0 heterocycles. The third kappa shape index (κ3) is 5.37. The molecule has 0 saturated carbocycles. The molecule has 8 heteroatoms. The molecular weight excluding hydrogens is 452 g/mol. The van der Waals surface area contributed by atoms with Crippen LogP contribution in [0.25, 0.3) is 0 Å². The van der Waals surface area contributed by atoms with Crippen LogP contribution in [0, 0.1) is 6.92 Å². The molecule has 0 aliphatic rings. The summed E-state index contributed by atoms with van der Waals surface area (Å²) in [5, 5.41) is 54.2. The lowest BCUT2D eigenvalue weighted by Gasteiger charge is -2.21. The Hall–Kier alpha value is -3.68. The first-order valence-corrected chi connectivity index (χ1v) is 11.5. The molecule has 35 heavy (non-hydrogen) atoms. The summed E-state index contributed by atoms with van der Waals surface area (Å²) < 4.78 is 5.37. The summed E-state index contributed by atoms with van der Waals surface area (Å²) in [6.07, 6.45) is 2.87. The summed E-state index contributed by atoms with van der Waals surface area (Å²) in [5.41, 5.74) is 0.449. The molecule has 0 aliphatic heterocycles. The van der Waals surface area contributed by atoms with E-state index < -0.39 is 40.3 Å². The number of hydrogen-bond donors (Lipinski definition) is 5. The van der Waals surface area contributed by atoms with Crippen LogP contribution in [-0.2, 0) is 12.8 Å². The molecule has 2 aromatic carbocycles. The number of aromatic hydroxyl groups is 5. The third-order valence-corrected chi connectivity index (χ3v) is 6.01. The number of Topliss-reactive ketones (excluding diaryl/α,β-unsaturated/α-hetero) is 2. The van der Waals surface area contributed by atoms with Crippen LogP contribution in [0.15, 0.2) is 11.6 Å². The Kier molecular flexibility index (Phi) is 8.79. The van der Waals surface area contributed by atoms with Crippen molar-refractivity contribution >= 4 is 11.6 Å². The van der Waals surface area contributed by atoms with Crippen LogP contribution in [0.1, 0.15) is 89.9 Å². The van der Waals surface area contributed by atoms with Crippen molar-refractivity contribution in [3.8, 4) is 34.5 Å². The average molecular weight is 487 g/mol. The van der Waals surface area contributed by atoms with E-state index in [2.05, 4.69) is 0 Å². The number of hydrogen-bond acceptors (Lipinski definition) is 8. The molecule has 0 bridgehead atoms.